The fraction of sp³-hybridized carbons (Fsp3) is 1.00. The summed E-state index contributed by atoms with van der Waals surface area (Å²) < 4.78 is 19.0. The maximum atomic E-state index is 12.0. The molecule has 1 aliphatic rings. The lowest BCUT2D eigenvalue weighted by Crippen LogP contribution is -2.21. The third-order valence-corrected chi connectivity index (χ3v) is 4.73. The molecule has 0 aromatic carbocycles. The molecular formula is C9H21N2O2P. The van der Waals surface area contributed by atoms with Gasteiger partial charge in [0.25, 0.3) is 0 Å². The van der Waals surface area contributed by atoms with Gasteiger partial charge in [-0.1, -0.05) is 26.2 Å². The van der Waals surface area contributed by atoms with Gasteiger partial charge in [0.1, 0.15) is 0 Å². The van der Waals surface area contributed by atoms with E-state index in [1.54, 1.807) is 4.67 Å². The zero-order chi connectivity index (χ0) is 10.4. The zero-order valence-corrected chi connectivity index (χ0v) is 10.1. The summed E-state index contributed by atoms with van der Waals surface area (Å²) in [6, 6.07) is 0. The van der Waals surface area contributed by atoms with Gasteiger partial charge in [-0.25, -0.2) is 9.76 Å². The van der Waals surface area contributed by atoms with Crippen LogP contribution in [0.2, 0.25) is 0 Å². The van der Waals surface area contributed by atoms with Gasteiger partial charge in [-0.2, -0.15) is 0 Å². The van der Waals surface area contributed by atoms with Crippen molar-refractivity contribution in [3.05, 3.63) is 0 Å². The summed E-state index contributed by atoms with van der Waals surface area (Å²) in [7, 11) is -0.786. The molecule has 0 spiro atoms. The van der Waals surface area contributed by atoms with E-state index in [1.165, 1.54) is 19.3 Å². The van der Waals surface area contributed by atoms with Crippen LogP contribution in [0.3, 0.4) is 0 Å². The van der Waals surface area contributed by atoms with Crippen LogP contribution in [0, 0.1) is 0 Å². The molecule has 1 N–H and O–H groups in total. The molecule has 0 aromatic rings. The highest BCUT2D eigenvalue weighted by Gasteiger charge is 2.33. The molecule has 0 bridgehead atoms. The van der Waals surface area contributed by atoms with Crippen LogP contribution in [0.1, 0.15) is 32.6 Å². The highest BCUT2D eigenvalue weighted by atomic mass is 31.2. The second-order valence-corrected chi connectivity index (χ2v) is 6.00. The summed E-state index contributed by atoms with van der Waals surface area (Å²) in [5.74, 6) is 0. The number of hydrogen-bond donors (Lipinski definition) is 1. The smallest absolute Gasteiger partial charge is 0.305 e. The van der Waals surface area contributed by atoms with E-state index in [0.29, 0.717) is 6.61 Å². The van der Waals surface area contributed by atoms with Crippen molar-refractivity contribution in [1.29, 1.82) is 0 Å². The number of likely N-dealkylation sites (N-methyl/N-ethyl adjacent to an activating group) is 1. The molecular weight excluding hydrogens is 199 g/mol. The average Bonchev–Trinajstić information content (AvgIpc) is 2.47. The van der Waals surface area contributed by atoms with E-state index in [4.69, 9.17) is 4.52 Å². The van der Waals surface area contributed by atoms with Gasteiger partial charge in [0, 0.05) is 13.1 Å². The third-order valence-electron chi connectivity index (χ3n) is 2.47. The summed E-state index contributed by atoms with van der Waals surface area (Å²) in [6.07, 6.45) is 4.76. The van der Waals surface area contributed by atoms with Crippen molar-refractivity contribution in [3.63, 3.8) is 0 Å². The van der Waals surface area contributed by atoms with Crippen LogP contribution in [0.15, 0.2) is 0 Å². The van der Waals surface area contributed by atoms with Gasteiger partial charge in [0.2, 0.25) is 0 Å². The minimum Gasteiger partial charge on any atom is -0.305 e. The Labute approximate surface area is 86.6 Å². The minimum atomic E-state index is -2.63. The molecule has 0 amide bonds. The summed E-state index contributed by atoms with van der Waals surface area (Å²) in [4.78, 5) is 0. The van der Waals surface area contributed by atoms with Gasteiger partial charge >= 0.3 is 7.67 Å². The molecule has 1 aliphatic heterocycles. The molecule has 0 radical (unpaired) electrons. The predicted octanol–water partition coefficient (Wildman–Crippen LogP) is 2.23. The minimum absolute atomic E-state index is 0.579. The molecule has 5 heteroatoms. The number of nitrogens with one attached hydrogen (secondary N) is 1. The van der Waals surface area contributed by atoms with Crippen LogP contribution < -0.4 is 5.09 Å². The molecule has 0 aliphatic carbocycles. The van der Waals surface area contributed by atoms with E-state index in [9.17, 15) is 4.57 Å². The molecule has 1 rings (SSSR count). The topological polar surface area (TPSA) is 41.6 Å². The maximum Gasteiger partial charge on any atom is 0.343 e. The lowest BCUT2D eigenvalue weighted by Gasteiger charge is -2.18. The fourth-order valence-corrected chi connectivity index (χ4v) is 3.11. The first-order valence-electron chi connectivity index (χ1n) is 5.40. The van der Waals surface area contributed by atoms with E-state index in [0.717, 1.165) is 19.5 Å². The molecule has 1 saturated heterocycles. The SMILES string of the molecule is CCCCCCNP1(=O)OCCN1C. The second kappa shape index (κ2) is 5.86. The Kier molecular flexibility index (Phi) is 5.10. The Balaban J connectivity index is 2.14. The van der Waals surface area contributed by atoms with Crippen LogP contribution in [-0.4, -0.2) is 31.4 Å². The maximum absolute atomic E-state index is 12.0. The monoisotopic (exact) mass is 220 g/mol. The molecule has 4 nitrogen and oxygen atoms in total. The summed E-state index contributed by atoms with van der Waals surface area (Å²) >= 11 is 0. The van der Waals surface area contributed by atoms with Gasteiger partial charge in [-0.05, 0) is 13.5 Å². The Hall–Kier alpha value is 0.110. The largest absolute Gasteiger partial charge is 0.343 e. The fourth-order valence-electron chi connectivity index (χ4n) is 1.47. The van der Waals surface area contributed by atoms with E-state index in [-0.39, 0.29) is 0 Å². The lowest BCUT2D eigenvalue weighted by atomic mass is 10.2. The van der Waals surface area contributed by atoms with Crippen molar-refractivity contribution >= 4 is 7.67 Å². The molecule has 14 heavy (non-hydrogen) atoms. The number of hydrogen-bond acceptors (Lipinski definition) is 2. The van der Waals surface area contributed by atoms with Crippen LogP contribution in [0.25, 0.3) is 0 Å². The first-order valence-corrected chi connectivity index (χ1v) is 6.98. The van der Waals surface area contributed by atoms with Gasteiger partial charge < -0.3 is 4.52 Å². The Morgan fingerprint density at radius 2 is 2.21 bits per heavy atom. The van der Waals surface area contributed by atoms with Crippen LogP contribution in [0.4, 0.5) is 0 Å². The summed E-state index contributed by atoms with van der Waals surface area (Å²) in [6.45, 7) is 4.32. The van der Waals surface area contributed by atoms with Crippen molar-refractivity contribution in [2.75, 3.05) is 26.7 Å². The van der Waals surface area contributed by atoms with E-state index >= 15 is 0 Å². The molecule has 0 aromatic heterocycles. The molecule has 1 atom stereocenters. The van der Waals surface area contributed by atoms with Gasteiger partial charge in [0.05, 0.1) is 6.61 Å². The molecule has 84 valence electrons. The van der Waals surface area contributed by atoms with Gasteiger partial charge in [-0.3, -0.25) is 4.57 Å². The number of nitrogens with zero attached hydrogens (tertiary/aromatic N) is 1. The van der Waals surface area contributed by atoms with Crippen molar-refractivity contribution in [2.45, 2.75) is 32.6 Å². The standard InChI is InChI=1S/C9H21N2O2P/c1-3-4-5-6-7-10-14(12)11(2)8-9-13-14/h3-9H2,1-2H3,(H,10,12). The summed E-state index contributed by atoms with van der Waals surface area (Å²) in [5, 5.41) is 3.03. The lowest BCUT2D eigenvalue weighted by molar-refractivity contribution is 0.349. The second-order valence-electron chi connectivity index (χ2n) is 3.70. The first-order chi connectivity index (χ1) is 6.69. The third kappa shape index (κ3) is 3.35. The summed E-state index contributed by atoms with van der Waals surface area (Å²) in [5.41, 5.74) is 0. The van der Waals surface area contributed by atoms with Crippen molar-refractivity contribution in [2.24, 2.45) is 0 Å². The van der Waals surface area contributed by atoms with Crippen molar-refractivity contribution in [3.8, 4) is 0 Å². The van der Waals surface area contributed by atoms with Crippen molar-refractivity contribution in [1.82, 2.24) is 9.76 Å². The zero-order valence-electron chi connectivity index (χ0n) is 9.16. The highest BCUT2D eigenvalue weighted by Crippen LogP contribution is 2.48. The number of rotatable bonds is 6. The molecule has 0 saturated carbocycles. The Morgan fingerprint density at radius 3 is 2.79 bits per heavy atom. The number of unbranched alkanes of at least 4 members (excludes halogenated alkanes) is 3. The Bertz CT molecular complexity index is 211. The van der Waals surface area contributed by atoms with Crippen LogP contribution in [0.5, 0.6) is 0 Å². The molecule has 1 unspecified atom stereocenters. The van der Waals surface area contributed by atoms with Crippen LogP contribution in [-0.2, 0) is 9.09 Å². The average molecular weight is 220 g/mol. The van der Waals surface area contributed by atoms with Gasteiger partial charge in [0.15, 0.2) is 0 Å². The molecule has 1 fully saturated rings. The van der Waals surface area contributed by atoms with E-state index in [2.05, 4.69) is 12.0 Å². The van der Waals surface area contributed by atoms with Crippen LogP contribution >= 0.6 is 7.67 Å². The molecule has 1 heterocycles. The quantitative estimate of drug-likeness (QED) is 0.550. The van der Waals surface area contributed by atoms with E-state index < -0.39 is 7.67 Å². The predicted molar refractivity (Wildman–Crippen MR) is 58.3 cm³/mol. The van der Waals surface area contributed by atoms with Crippen molar-refractivity contribution < 1.29 is 9.09 Å². The highest BCUT2D eigenvalue weighted by molar-refractivity contribution is 7.54. The first kappa shape index (κ1) is 12.2. The normalized spacial score (nSPS) is 28.4. The van der Waals surface area contributed by atoms with Gasteiger partial charge in [-0.15, -0.1) is 0 Å². The van der Waals surface area contributed by atoms with E-state index in [1.807, 2.05) is 7.05 Å². The Morgan fingerprint density at radius 1 is 1.43 bits per heavy atom.